The summed E-state index contributed by atoms with van der Waals surface area (Å²) in [6.07, 6.45) is 1.25. The number of hydrogen-bond acceptors (Lipinski definition) is 6. The number of amides is 1. The van der Waals surface area contributed by atoms with Crippen molar-refractivity contribution in [2.24, 2.45) is 0 Å². The molecule has 0 spiro atoms. The number of ether oxygens (including phenoxy) is 2. The summed E-state index contributed by atoms with van der Waals surface area (Å²) in [7, 11) is 3.11. The van der Waals surface area contributed by atoms with Gasteiger partial charge in [-0.25, -0.2) is 0 Å². The van der Waals surface area contributed by atoms with Gasteiger partial charge in [-0.05, 0) is 30.5 Å². The molecule has 1 amide bonds. The topological polar surface area (TPSA) is 111 Å². The predicted octanol–water partition coefficient (Wildman–Crippen LogP) is 1.27. The minimum absolute atomic E-state index is 0.117. The average Bonchev–Trinajstić information content (AvgIpc) is 3.02. The zero-order valence-corrected chi connectivity index (χ0v) is 13.2. The number of aryl methyl sites for hydroxylation is 1. The summed E-state index contributed by atoms with van der Waals surface area (Å²) >= 11 is 0. The molecule has 0 radical (unpaired) electrons. The number of hydrogen-bond donors (Lipinski definition) is 2. The van der Waals surface area contributed by atoms with Crippen LogP contribution in [0.25, 0.3) is 11.3 Å². The molecule has 0 saturated carbocycles. The number of nitrogens with one attached hydrogen (secondary N) is 1. The van der Waals surface area contributed by atoms with E-state index < -0.39 is 18.4 Å². The Morgan fingerprint density at radius 1 is 1.25 bits per heavy atom. The molecule has 0 bridgehead atoms. The summed E-state index contributed by atoms with van der Waals surface area (Å²) in [5.74, 6) is -0.0112. The van der Waals surface area contributed by atoms with Crippen molar-refractivity contribution >= 4 is 11.9 Å². The number of carbonyl (C=O) groups excluding carboxylic acids is 1. The van der Waals surface area contributed by atoms with Gasteiger partial charge in [-0.3, -0.25) is 9.59 Å². The maximum absolute atomic E-state index is 12.1. The molecule has 1 heterocycles. The Hall–Kier alpha value is -3.03. The van der Waals surface area contributed by atoms with Gasteiger partial charge in [0.15, 0.2) is 23.0 Å². The fourth-order valence-electron chi connectivity index (χ4n) is 2.77. The summed E-state index contributed by atoms with van der Waals surface area (Å²) < 4.78 is 16.0. The first kappa shape index (κ1) is 15.9. The van der Waals surface area contributed by atoms with Crippen molar-refractivity contribution in [3.63, 3.8) is 0 Å². The van der Waals surface area contributed by atoms with Crippen LogP contribution < -0.4 is 14.8 Å². The van der Waals surface area contributed by atoms with Gasteiger partial charge < -0.3 is 24.4 Å². The summed E-state index contributed by atoms with van der Waals surface area (Å²) in [6.45, 7) is -0.470. The van der Waals surface area contributed by atoms with E-state index in [2.05, 4.69) is 10.5 Å². The number of carboxylic acids is 1. The number of methoxy groups -OCH3 is 2. The molecule has 1 aromatic heterocycles. The van der Waals surface area contributed by atoms with Crippen LogP contribution in [0.2, 0.25) is 0 Å². The molecular formula is C16H16N2O6. The Morgan fingerprint density at radius 2 is 1.96 bits per heavy atom. The molecule has 8 nitrogen and oxygen atoms in total. The first-order chi connectivity index (χ1) is 11.5. The molecule has 2 aromatic rings. The number of carbonyl (C=O) groups is 2. The number of benzene rings is 1. The molecule has 8 heteroatoms. The molecule has 1 aliphatic rings. The molecule has 1 aliphatic carbocycles. The number of nitrogens with zero attached hydrogens (tertiary/aromatic N) is 1. The van der Waals surface area contributed by atoms with E-state index in [1.807, 2.05) is 6.07 Å². The van der Waals surface area contributed by atoms with Crippen LogP contribution in [-0.2, 0) is 17.6 Å². The SMILES string of the molecule is COc1cc2c(cc1OC)-c1onc(C(=O)NCC(=O)O)c1CC2. The van der Waals surface area contributed by atoms with Gasteiger partial charge in [-0.15, -0.1) is 0 Å². The second-order valence-corrected chi connectivity index (χ2v) is 5.28. The van der Waals surface area contributed by atoms with Crippen LogP contribution in [0.15, 0.2) is 16.7 Å². The Labute approximate surface area is 137 Å². The van der Waals surface area contributed by atoms with Gasteiger partial charge in [0.05, 0.1) is 14.2 Å². The molecule has 126 valence electrons. The first-order valence-corrected chi connectivity index (χ1v) is 7.29. The molecular weight excluding hydrogens is 316 g/mol. The number of rotatable bonds is 5. The summed E-state index contributed by atoms with van der Waals surface area (Å²) in [4.78, 5) is 22.6. The zero-order valence-electron chi connectivity index (χ0n) is 13.2. The van der Waals surface area contributed by atoms with Gasteiger partial charge in [0, 0.05) is 11.1 Å². The molecule has 0 fully saturated rings. The smallest absolute Gasteiger partial charge is 0.322 e. The number of aliphatic carboxylic acids is 1. The van der Waals surface area contributed by atoms with Crippen molar-refractivity contribution in [3.05, 3.63) is 29.0 Å². The monoisotopic (exact) mass is 332 g/mol. The van der Waals surface area contributed by atoms with E-state index in [1.54, 1.807) is 20.3 Å². The third-order valence-electron chi connectivity index (χ3n) is 3.90. The van der Waals surface area contributed by atoms with E-state index in [0.717, 1.165) is 11.1 Å². The van der Waals surface area contributed by atoms with E-state index >= 15 is 0 Å². The summed E-state index contributed by atoms with van der Waals surface area (Å²) in [5.41, 5.74) is 2.58. The highest BCUT2D eigenvalue weighted by molar-refractivity contribution is 5.97. The fourth-order valence-corrected chi connectivity index (χ4v) is 2.77. The van der Waals surface area contributed by atoms with E-state index in [1.165, 1.54) is 0 Å². The van der Waals surface area contributed by atoms with Crippen LogP contribution in [0.4, 0.5) is 0 Å². The van der Waals surface area contributed by atoms with Crippen LogP contribution in [-0.4, -0.2) is 42.9 Å². The van der Waals surface area contributed by atoms with E-state index in [4.69, 9.17) is 19.1 Å². The van der Waals surface area contributed by atoms with Crippen molar-refractivity contribution in [2.45, 2.75) is 12.8 Å². The van der Waals surface area contributed by atoms with Crippen molar-refractivity contribution in [3.8, 4) is 22.8 Å². The first-order valence-electron chi connectivity index (χ1n) is 7.29. The zero-order chi connectivity index (χ0) is 17.3. The van der Waals surface area contributed by atoms with Crippen molar-refractivity contribution < 1.29 is 28.7 Å². The molecule has 3 rings (SSSR count). The highest BCUT2D eigenvalue weighted by Crippen LogP contribution is 2.41. The second kappa shape index (κ2) is 6.23. The number of aromatic nitrogens is 1. The quantitative estimate of drug-likeness (QED) is 0.848. The molecule has 0 saturated heterocycles. The van der Waals surface area contributed by atoms with E-state index in [9.17, 15) is 9.59 Å². The van der Waals surface area contributed by atoms with Gasteiger partial charge in [-0.1, -0.05) is 5.16 Å². The van der Waals surface area contributed by atoms with Crippen molar-refractivity contribution in [1.29, 1.82) is 0 Å². The molecule has 1 aromatic carbocycles. The van der Waals surface area contributed by atoms with Gasteiger partial charge in [0.2, 0.25) is 0 Å². The maximum Gasteiger partial charge on any atom is 0.322 e. The van der Waals surface area contributed by atoms with Crippen LogP contribution in [0.5, 0.6) is 11.5 Å². The predicted molar refractivity (Wildman–Crippen MR) is 82.4 cm³/mol. The van der Waals surface area contributed by atoms with E-state index in [0.29, 0.717) is 35.7 Å². The Kier molecular flexibility index (Phi) is 4.11. The lowest BCUT2D eigenvalue weighted by Gasteiger charge is -2.18. The average molecular weight is 332 g/mol. The van der Waals surface area contributed by atoms with Gasteiger partial charge in [-0.2, -0.15) is 0 Å². The third-order valence-corrected chi connectivity index (χ3v) is 3.90. The molecule has 0 unspecified atom stereocenters. The van der Waals surface area contributed by atoms with E-state index in [-0.39, 0.29) is 5.69 Å². The largest absolute Gasteiger partial charge is 0.493 e. The maximum atomic E-state index is 12.1. The number of carboxylic acid groups (broad SMARTS) is 1. The van der Waals surface area contributed by atoms with Crippen LogP contribution >= 0.6 is 0 Å². The summed E-state index contributed by atoms with van der Waals surface area (Å²) in [6, 6.07) is 3.67. The molecule has 24 heavy (non-hydrogen) atoms. The highest BCUT2D eigenvalue weighted by Gasteiger charge is 2.29. The van der Waals surface area contributed by atoms with Crippen molar-refractivity contribution in [2.75, 3.05) is 20.8 Å². The second-order valence-electron chi connectivity index (χ2n) is 5.28. The molecule has 0 atom stereocenters. The van der Waals surface area contributed by atoms with Crippen LogP contribution in [0.1, 0.15) is 21.6 Å². The van der Waals surface area contributed by atoms with Gasteiger partial charge >= 0.3 is 5.97 Å². The van der Waals surface area contributed by atoms with Gasteiger partial charge in [0.1, 0.15) is 6.54 Å². The lowest BCUT2D eigenvalue weighted by Crippen LogP contribution is -2.30. The lowest BCUT2D eigenvalue weighted by atomic mass is 9.89. The van der Waals surface area contributed by atoms with Crippen LogP contribution in [0, 0.1) is 0 Å². The lowest BCUT2D eigenvalue weighted by molar-refractivity contribution is -0.135. The third kappa shape index (κ3) is 2.66. The van der Waals surface area contributed by atoms with Crippen LogP contribution in [0.3, 0.4) is 0 Å². The number of fused-ring (bicyclic) bond motifs is 3. The fraction of sp³-hybridized carbons (Fsp3) is 0.312. The Bertz CT molecular complexity index is 811. The standard InChI is InChI=1S/C16H16N2O6/c1-22-11-5-8-3-4-9-14(16(21)17-7-13(19)20)18-24-15(9)10(8)6-12(11)23-2/h5-6H,3-4,7H2,1-2H3,(H,17,21)(H,19,20). The minimum Gasteiger partial charge on any atom is -0.493 e. The molecule has 0 aliphatic heterocycles. The molecule has 2 N–H and O–H groups in total. The normalized spacial score (nSPS) is 12.1. The minimum atomic E-state index is -1.12. The van der Waals surface area contributed by atoms with Gasteiger partial charge in [0.25, 0.3) is 5.91 Å². The summed E-state index contributed by atoms with van der Waals surface area (Å²) in [5, 5.41) is 14.8. The Balaban J connectivity index is 1.99. The highest BCUT2D eigenvalue weighted by atomic mass is 16.5. The Morgan fingerprint density at radius 3 is 2.62 bits per heavy atom. The van der Waals surface area contributed by atoms with Crippen molar-refractivity contribution in [1.82, 2.24) is 10.5 Å².